The first-order valence-electron chi connectivity index (χ1n) is 5.47. The first-order valence-corrected chi connectivity index (χ1v) is 6.46. The van der Waals surface area contributed by atoms with Crippen molar-refractivity contribution in [3.63, 3.8) is 0 Å². The van der Waals surface area contributed by atoms with Crippen LogP contribution in [0.5, 0.6) is 0 Å². The van der Waals surface area contributed by atoms with Gasteiger partial charge in [0.05, 0.1) is 0 Å². The summed E-state index contributed by atoms with van der Waals surface area (Å²) in [4.78, 5) is 6.77. The number of rotatable bonds is 3. The molecule has 15 heavy (non-hydrogen) atoms. The van der Waals surface area contributed by atoms with Crippen molar-refractivity contribution in [2.45, 2.75) is 26.8 Å². The number of nitrogens with one attached hydrogen (secondary N) is 1. The zero-order valence-electron chi connectivity index (χ0n) is 10.5. The number of aliphatic imine (C=N–C) groups is 1. The van der Waals surface area contributed by atoms with Crippen molar-refractivity contribution in [2.75, 3.05) is 32.9 Å². The van der Waals surface area contributed by atoms with Gasteiger partial charge in [-0.15, -0.1) is 0 Å². The Hall–Kier alpha value is -0.220. The highest BCUT2D eigenvalue weighted by molar-refractivity contribution is 8.13. The lowest BCUT2D eigenvalue weighted by Crippen LogP contribution is -2.40. The second kappa shape index (κ2) is 5.21. The second-order valence-electron chi connectivity index (χ2n) is 5.38. The fraction of sp³-hybridized carbons (Fsp3) is 0.909. The van der Waals surface area contributed by atoms with Crippen LogP contribution in [0.15, 0.2) is 4.99 Å². The lowest BCUT2D eigenvalue weighted by molar-refractivity contribution is 0.369. The molecule has 3 nitrogen and oxygen atoms in total. The summed E-state index contributed by atoms with van der Waals surface area (Å²) in [5, 5.41) is 4.57. The maximum Gasteiger partial charge on any atom is 0.156 e. The van der Waals surface area contributed by atoms with Gasteiger partial charge in [-0.1, -0.05) is 25.6 Å². The maximum atomic E-state index is 4.58. The van der Waals surface area contributed by atoms with Gasteiger partial charge in [0.1, 0.15) is 0 Å². The van der Waals surface area contributed by atoms with Crippen LogP contribution in [0.2, 0.25) is 0 Å². The van der Waals surface area contributed by atoms with E-state index < -0.39 is 0 Å². The predicted octanol–water partition coefficient (Wildman–Crippen LogP) is 1.66. The molecule has 0 spiro atoms. The van der Waals surface area contributed by atoms with E-state index in [0.29, 0.717) is 11.5 Å². The van der Waals surface area contributed by atoms with Crippen LogP contribution in [0.3, 0.4) is 0 Å². The van der Waals surface area contributed by atoms with E-state index >= 15 is 0 Å². The van der Waals surface area contributed by atoms with Gasteiger partial charge in [0, 0.05) is 24.9 Å². The minimum Gasteiger partial charge on any atom is -0.361 e. The standard InChI is InChI=1S/C11H23N3S/c1-9(6-14(4)5)13-10-12-7-11(2,3)8-15-10/h9H,6-8H2,1-5H3,(H,12,13). The van der Waals surface area contributed by atoms with E-state index in [-0.39, 0.29) is 0 Å². The van der Waals surface area contributed by atoms with Gasteiger partial charge in [-0.2, -0.15) is 0 Å². The molecule has 4 heteroatoms. The molecule has 0 saturated heterocycles. The van der Waals surface area contributed by atoms with Crippen molar-refractivity contribution in [1.29, 1.82) is 0 Å². The lowest BCUT2D eigenvalue weighted by atomic mass is 9.97. The van der Waals surface area contributed by atoms with E-state index in [2.05, 4.69) is 50.1 Å². The van der Waals surface area contributed by atoms with Crippen molar-refractivity contribution < 1.29 is 0 Å². The Morgan fingerprint density at radius 3 is 2.67 bits per heavy atom. The minimum absolute atomic E-state index is 0.362. The molecule has 1 heterocycles. The number of amidine groups is 1. The smallest absolute Gasteiger partial charge is 0.156 e. The number of hydrogen-bond acceptors (Lipinski definition) is 4. The van der Waals surface area contributed by atoms with E-state index in [0.717, 1.165) is 24.0 Å². The summed E-state index contributed by atoms with van der Waals surface area (Å²) in [5.41, 5.74) is 0.362. The van der Waals surface area contributed by atoms with Crippen molar-refractivity contribution in [3.05, 3.63) is 0 Å². The first kappa shape index (κ1) is 12.8. The van der Waals surface area contributed by atoms with Crippen molar-refractivity contribution in [3.8, 4) is 0 Å². The van der Waals surface area contributed by atoms with Gasteiger partial charge in [0.15, 0.2) is 5.17 Å². The summed E-state index contributed by atoms with van der Waals surface area (Å²) in [7, 11) is 4.19. The molecule has 0 aromatic carbocycles. The van der Waals surface area contributed by atoms with E-state index in [1.54, 1.807) is 0 Å². The third-order valence-corrected chi connectivity index (χ3v) is 3.71. The van der Waals surface area contributed by atoms with Crippen LogP contribution in [-0.4, -0.2) is 49.0 Å². The Morgan fingerprint density at radius 1 is 1.53 bits per heavy atom. The molecule has 0 aromatic rings. The maximum absolute atomic E-state index is 4.58. The number of nitrogens with zero attached hydrogens (tertiary/aromatic N) is 2. The summed E-state index contributed by atoms with van der Waals surface area (Å²) in [6, 6.07) is 0.465. The summed E-state index contributed by atoms with van der Waals surface area (Å²) < 4.78 is 0. The normalized spacial score (nSPS) is 22.4. The quantitative estimate of drug-likeness (QED) is 0.797. The zero-order chi connectivity index (χ0) is 11.5. The van der Waals surface area contributed by atoms with Gasteiger partial charge < -0.3 is 10.2 Å². The van der Waals surface area contributed by atoms with Crippen LogP contribution in [-0.2, 0) is 0 Å². The third kappa shape index (κ3) is 4.89. The fourth-order valence-corrected chi connectivity index (χ4v) is 2.59. The second-order valence-corrected chi connectivity index (χ2v) is 6.35. The Bertz CT molecular complexity index is 236. The Labute approximate surface area is 97.7 Å². The number of likely N-dealkylation sites (N-methyl/N-ethyl adjacent to an activating group) is 1. The highest BCUT2D eigenvalue weighted by Crippen LogP contribution is 2.27. The van der Waals surface area contributed by atoms with Crippen LogP contribution < -0.4 is 5.32 Å². The van der Waals surface area contributed by atoms with Gasteiger partial charge in [-0.3, -0.25) is 4.99 Å². The molecule has 0 radical (unpaired) electrons. The summed E-state index contributed by atoms with van der Waals surface area (Å²) >= 11 is 1.85. The van der Waals surface area contributed by atoms with Gasteiger partial charge in [-0.25, -0.2) is 0 Å². The first-order chi connectivity index (χ1) is 6.89. The van der Waals surface area contributed by atoms with Crippen LogP contribution in [0.1, 0.15) is 20.8 Å². The van der Waals surface area contributed by atoms with Crippen LogP contribution in [0.25, 0.3) is 0 Å². The molecule has 88 valence electrons. The van der Waals surface area contributed by atoms with Gasteiger partial charge in [0.25, 0.3) is 0 Å². The summed E-state index contributed by atoms with van der Waals surface area (Å²) in [6.45, 7) is 8.72. The molecule has 1 unspecified atom stereocenters. The summed E-state index contributed by atoms with van der Waals surface area (Å²) in [5.74, 6) is 1.16. The van der Waals surface area contributed by atoms with Crippen LogP contribution >= 0.6 is 11.8 Å². The molecule has 0 aliphatic carbocycles. The SMILES string of the molecule is CC(CN(C)C)NC1=NCC(C)(C)CS1. The fourth-order valence-electron chi connectivity index (χ4n) is 1.53. The van der Waals surface area contributed by atoms with E-state index in [1.807, 2.05) is 11.8 Å². The van der Waals surface area contributed by atoms with E-state index in [1.165, 1.54) is 0 Å². The van der Waals surface area contributed by atoms with Crippen molar-refractivity contribution in [1.82, 2.24) is 10.2 Å². The van der Waals surface area contributed by atoms with E-state index in [9.17, 15) is 0 Å². The average molecular weight is 229 g/mol. The van der Waals surface area contributed by atoms with E-state index in [4.69, 9.17) is 0 Å². The predicted molar refractivity (Wildman–Crippen MR) is 69.7 cm³/mol. The molecular formula is C11H23N3S. The Balaban J connectivity index is 2.37. The van der Waals surface area contributed by atoms with Crippen molar-refractivity contribution in [2.24, 2.45) is 10.4 Å². The Morgan fingerprint density at radius 2 is 2.20 bits per heavy atom. The van der Waals surface area contributed by atoms with Gasteiger partial charge in [0.2, 0.25) is 0 Å². The molecule has 1 N–H and O–H groups in total. The number of thioether (sulfide) groups is 1. The molecule has 1 aliphatic rings. The lowest BCUT2D eigenvalue weighted by Gasteiger charge is -2.29. The van der Waals surface area contributed by atoms with Crippen molar-refractivity contribution >= 4 is 16.9 Å². The molecule has 0 bridgehead atoms. The molecule has 1 rings (SSSR count). The zero-order valence-corrected chi connectivity index (χ0v) is 11.3. The van der Waals surface area contributed by atoms with Gasteiger partial charge in [-0.05, 0) is 26.4 Å². The molecule has 0 fully saturated rings. The molecule has 0 aromatic heterocycles. The minimum atomic E-state index is 0.362. The molecular weight excluding hydrogens is 206 g/mol. The molecule has 0 amide bonds. The topological polar surface area (TPSA) is 27.6 Å². The summed E-state index contributed by atoms with van der Waals surface area (Å²) in [6.07, 6.45) is 0. The highest BCUT2D eigenvalue weighted by atomic mass is 32.2. The Kier molecular flexibility index (Phi) is 4.46. The molecule has 0 saturated carbocycles. The van der Waals surface area contributed by atoms with Gasteiger partial charge >= 0.3 is 0 Å². The number of hydrogen-bond donors (Lipinski definition) is 1. The average Bonchev–Trinajstić information content (AvgIpc) is 2.07. The third-order valence-electron chi connectivity index (χ3n) is 2.26. The largest absolute Gasteiger partial charge is 0.361 e. The molecule has 1 atom stereocenters. The monoisotopic (exact) mass is 229 g/mol. The molecule has 1 aliphatic heterocycles. The van der Waals surface area contributed by atoms with Crippen LogP contribution in [0.4, 0.5) is 0 Å². The highest BCUT2D eigenvalue weighted by Gasteiger charge is 2.23. The van der Waals surface area contributed by atoms with Crippen LogP contribution in [0, 0.1) is 5.41 Å².